The van der Waals surface area contributed by atoms with E-state index in [9.17, 15) is 44.7 Å². The second-order valence-corrected chi connectivity index (χ2v) is 20.0. The van der Waals surface area contributed by atoms with Crippen LogP contribution < -0.4 is 5.32 Å². The number of hydrogen-bond acceptors (Lipinski definition) is 17. The molecule has 1 heterocycles. The van der Waals surface area contributed by atoms with Gasteiger partial charge in [-0.25, -0.2) is 14.4 Å². The van der Waals surface area contributed by atoms with E-state index in [0.29, 0.717) is 5.56 Å². The van der Waals surface area contributed by atoms with Crippen molar-refractivity contribution in [2.75, 3.05) is 33.0 Å². The van der Waals surface area contributed by atoms with Crippen molar-refractivity contribution < 1.29 is 82.7 Å². The Hall–Kier alpha value is -4.79. The second-order valence-electron chi connectivity index (χ2n) is 20.0. The molecular formula is C49H65NO17. The van der Waals surface area contributed by atoms with Crippen LogP contribution in [0.2, 0.25) is 0 Å². The number of Topliss-reactive ketones (excluding diaryl/α,β-unsaturated/α-hetero) is 1. The van der Waals surface area contributed by atoms with Crippen LogP contribution in [-0.2, 0) is 47.5 Å². The van der Waals surface area contributed by atoms with Crippen LogP contribution in [0.15, 0.2) is 71.8 Å². The maximum absolute atomic E-state index is 16.1. The summed E-state index contributed by atoms with van der Waals surface area (Å²) in [6.45, 7) is 11.1. The van der Waals surface area contributed by atoms with Crippen molar-refractivity contribution in [2.45, 2.75) is 140 Å². The molecule has 4 aliphatic rings. The van der Waals surface area contributed by atoms with Gasteiger partial charge in [-0.15, -0.1) is 0 Å². The smallest absolute Gasteiger partial charge is 0.408 e. The van der Waals surface area contributed by atoms with E-state index in [4.69, 9.17) is 33.2 Å². The topological polar surface area (TPSA) is 263 Å². The van der Waals surface area contributed by atoms with E-state index < -0.39 is 144 Å². The molecule has 2 aromatic rings. The molecule has 1 unspecified atom stereocenters. The number of benzene rings is 2. The molecule has 6 rings (SSSR count). The summed E-state index contributed by atoms with van der Waals surface area (Å²) in [6.07, 6.45) is -11.1. The van der Waals surface area contributed by atoms with E-state index in [1.54, 1.807) is 90.1 Å². The molecule has 1 saturated heterocycles. The quantitative estimate of drug-likeness (QED) is 0.0852. The maximum Gasteiger partial charge on any atom is 0.408 e. The van der Waals surface area contributed by atoms with Crippen molar-refractivity contribution in [3.05, 3.63) is 82.9 Å². The number of carbonyl (C=O) groups is 5. The third kappa shape index (κ3) is 9.51. The van der Waals surface area contributed by atoms with Crippen LogP contribution in [0.25, 0.3) is 0 Å². The van der Waals surface area contributed by atoms with E-state index in [1.807, 2.05) is 0 Å². The van der Waals surface area contributed by atoms with Crippen LogP contribution in [0.3, 0.4) is 0 Å². The average molecular weight is 940 g/mol. The molecule has 0 radical (unpaired) electrons. The predicted molar refractivity (Wildman–Crippen MR) is 236 cm³/mol. The fraction of sp³-hybridized carbons (Fsp3) is 0.612. The lowest BCUT2D eigenvalue weighted by molar-refractivity contribution is -0.355. The first kappa shape index (κ1) is 51.6. The fourth-order valence-corrected chi connectivity index (χ4v) is 10.5. The third-order valence-corrected chi connectivity index (χ3v) is 14.0. The summed E-state index contributed by atoms with van der Waals surface area (Å²) in [5.41, 5.74) is -9.81. The van der Waals surface area contributed by atoms with Crippen molar-refractivity contribution in [2.24, 2.45) is 16.7 Å². The van der Waals surface area contributed by atoms with Gasteiger partial charge in [0.25, 0.3) is 0 Å². The number of nitrogens with one attached hydrogen (secondary N) is 1. The number of ether oxygens (including phenoxy) is 7. The molecule has 11 atom stereocenters. The molecule has 67 heavy (non-hydrogen) atoms. The molecule has 1 aliphatic heterocycles. The molecule has 6 N–H and O–H groups in total. The van der Waals surface area contributed by atoms with Crippen molar-refractivity contribution in [3.63, 3.8) is 0 Å². The number of alkyl carbamates (subject to hydrolysis) is 1. The largest absolute Gasteiger partial charge is 0.456 e. The zero-order valence-electron chi connectivity index (χ0n) is 39.5. The Balaban J connectivity index is 1.59. The lowest BCUT2D eigenvalue weighted by Crippen LogP contribution is -2.82. The van der Waals surface area contributed by atoms with Gasteiger partial charge in [-0.3, -0.25) is 9.59 Å². The summed E-state index contributed by atoms with van der Waals surface area (Å²) >= 11 is 0. The van der Waals surface area contributed by atoms with Crippen molar-refractivity contribution in [1.82, 2.24) is 5.32 Å². The Morgan fingerprint density at radius 3 is 2.07 bits per heavy atom. The Morgan fingerprint density at radius 2 is 1.54 bits per heavy atom. The first-order valence-electron chi connectivity index (χ1n) is 22.4. The Kier molecular flexibility index (Phi) is 14.9. The van der Waals surface area contributed by atoms with Gasteiger partial charge in [0.15, 0.2) is 17.5 Å². The molecule has 368 valence electrons. The van der Waals surface area contributed by atoms with Crippen LogP contribution in [0.5, 0.6) is 0 Å². The normalized spacial score (nSPS) is 31.0. The number of fused-ring (bicyclic) bond motifs is 5. The molecular weight excluding hydrogens is 875 g/mol. The first-order valence-corrected chi connectivity index (χ1v) is 22.4. The minimum atomic E-state index is -2.41. The van der Waals surface area contributed by atoms with Gasteiger partial charge in [-0.1, -0.05) is 62.4 Å². The number of esters is 3. The Labute approximate surface area is 389 Å². The van der Waals surface area contributed by atoms with Crippen molar-refractivity contribution in [1.29, 1.82) is 0 Å². The number of rotatable bonds is 15. The van der Waals surface area contributed by atoms with E-state index in [0.717, 1.165) is 6.92 Å². The van der Waals surface area contributed by atoms with Crippen molar-refractivity contribution >= 4 is 29.8 Å². The summed E-state index contributed by atoms with van der Waals surface area (Å²) in [5.74, 6) is -5.29. The molecule has 0 spiro atoms. The molecule has 2 saturated carbocycles. The summed E-state index contributed by atoms with van der Waals surface area (Å²) in [4.78, 5) is 71.4. The van der Waals surface area contributed by atoms with Crippen molar-refractivity contribution in [3.8, 4) is 0 Å². The lowest BCUT2D eigenvalue weighted by Gasteiger charge is -2.68. The highest BCUT2D eigenvalue weighted by Crippen LogP contribution is 2.65. The molecule has 2 bridgehead atoms. The van der Waals surface area contributed by atoms with Gasteiger partial charge in [-0.2, -0.15) is 0 Å². The summed E-state index contributed by atoms with van der Waals surface area (Å²) in [6, 6.07) is 14.6. The fourth-order valence-electron chi connectivity index (χ4n) is 10.5. The minimum absolute atomic E-state index is 0.0566. The summed E-state index contributed by atoms with van der Waals surface area (Å²) < 4.78 is 43.3. The molecule has 18 heteroatoms. The zero-order chi connectivity index (χ0) is 49.5. The van der Waals surface area contributed by atoms with Crippen LogP contribution in [0, 0.1) is 16.7 Å². The molecule has 3 fully saturated rings. The van der Waals surface area contributed by atoms with Crippen LogP contribution in [0.4, 0.5) is 4.79 Å². The van der Waals surface area contributed by atoms with Gasteiger partial charge >= 0.3 is 24.0 Å². The Morgan fingerprint density at radius 1 is 0.925 bits per heavy atom. The molecule has 3 aliphatic carbocycles. The predicted octanol–water partition coefficient (Wildman–Crippen LogP) is 3.04. The highest BCUT2D eigenvalue weighted by Gasteiger charge is 2.78. The first-order chi connectivity index (χ1) is 31.3. The average Bonchev–Trinajstić information content (AvgIpc) is 3.27. The summed E-state index contributed by atoms with van der Waals surface area (Å²) in [7, 11) is 0. The molecule has 0 aromatic heterocycles. The van der Waals surface area contributed by atoms with E-state index in [1.165, 1.54) is 26.0 Å². The van der Waals surface area contributed by atoms with E-state index >= 15 is 4.79 Å². The van der Waals surface area contributed by atoms with Gasteiger partial charge in [0.05, 0.1) is 62.1 Å². The molecule has 1 amide bonds. The SMILES string of the molecule is CC(=O)O[C@@]12CO[C@@H]1C[C@H](OC(C)(CO)CO)[C@@]1(C)C(=O)[C@H](OCCO)C3=C(C)[C@@H](OC(=O)[C@H](O)[C@@H](NC(=O)OC(C)(C)C)c4ccccc4)C[C@@](O)([C@@H](OC(=O)c4ccccc4)C12)C3(C)C. The van der Waals surface area contributed by atoms with Gasteiger partial charge in [0, 0.05) is 25.2 Å². The van der Waals surface area contributed by atoms with E-state index in [2.05, 4.69) is 5.32 Å². The van der Waals surface area contributed by atoms with E-state index in [-0.39, 0.29) is 29.7 Å². The van der Waals surface area contributed by atoms with Gasteiger partial charge in [0.1, 0.15) is 41.2 Å². The minimum Gasteiger partial charge on any atom is -0.456 e. The Bertz CT molecular complexity index is 2190. The standard InChI is InChI=1S/C49H65NO17/c1-27-31(63-42(58)36(55)35(29-16-12-10-13-17-29)50-43(59)67-44(3,4)5)23-49(60)40(64-41(57)30-18-14-11-15-19-30)38-47(9,39(56)37(61-21-20-51)34(27)45(49,6)7)32(66-46(8,24-52)25-53)22-33-48(38,26-62-33)65-28(2)54/h10-19,31-33,35-38,40,51-53,55,60H,20-26H2,1-9H3,(H,50,59)/t31-,32-,33+,35-,36+,37+,38?,40-,47+,48-,49+/m0/s1. The summed E-state index contributed by atoms with van der Waals surface area (Å²) in [5, 5.41) is 59.5. The van der Waals surface area contributed by atoms with Gasteiger partial charge in [0.2, 0.25) is 0 Å². The lowest BCUT2D eigenvalue weighted by atomic mass is 9.44. The number of aliphatic hydroxyl groups excluding tert-OH is 4. The number of hydrogen-bond donors (Lipinski definition) is 6. The number of ketones is 1. The van der Waals surface area contributed by atoms with Crippen LogP contribution in [0.1, 0.15) is 97.1 Å². The van der Waals surface area contributed by atoms with Crippen LogP contribution in [-0.4, -0.2) is 147 Å². The third-order valence-electron chi connectivity index (χ3n) is 14.0. The number of carbonyl (C=O) groups excluding carboxylic acids is 5. The monoisotopic (exact) mass is 939 g/mol. The van der Waals surface area contributed by atoms with Gasteiger partial charge < -0.3 is 64.0 Å². The maximum atomic E-state index is 16.1. The zero-order valence-corrected chi connectivity index (χ0v) is 39.5. The van der Waals surface area contributed by atoms with Gasteiger partial charge in [-0.05, 0) is 70.4 Å². The molecule has 18 nitrogen and oxygen atoms in total. The highest BCUT2D eigenvalue weighted by molar-refractivity contribution is 5.94. The van der Waals surface area contributed by atoms with Crippen LogP contribution >= 0.6 is 0 Å². The number of amides is 1. The second kappa shape index (κ2) is 19.3. The highest BCUT2D eigenvalue weighted by atomic mass is 16.6. The number of aliphatic hydroxyl groups is 5. The molecule has 2 aromatic carbocycles.